The summed E-state index contributed by atoms with van der Waals surface area (Å²) in [7, 11) is 0. The van der Waals surface area contributed by atoms with Gasteiger partial charge >= 0.3 is 12.1 Å². The van der Waals surface area contributed by atoms with Crippen LogP contribution in [0.3, 0.4) is 0 Å². The molecule has 0 bridgehead atoms. The van der Waals surface area contributed by atoms with Gasteiger partial charge in [0, 0.05) is 6.20 Å². The van der Waals surface area contributed by atoms with Gasteiger partial charge in [0.05, 0.1) is 29.6 Å². The Morgan fingerprint density at radius 3 is 2.55 bits per heavy atom. The SMILES string of the molecule is Cc1ccc([C@@H](C)n2ncc3nc(-n4cc(C(=O)O)cn4)nc(O)c32)cc1C(F)(F)F. The molecule has 0 amide bonds. The van der Waals surface area contributed by atoms with Gasteiger partial charge in [-0.1, -0.05) is 12.1 Å². The van der Waals surface area contributed by atoms with Crippen LogP contribution in [0, 0.1) is 6.92 Å². The molecule has 0 aliphatic rings. The Bertz CT molecular complexity index is 1310. The van der Waals surface area contributed by atoms with Gasteiger partial charge in [0.2, 0.25) is 5.88 Å². The van der Waals surface area contributed by atoms with Crippen molar-refractivity contribution in [2.24, 2.45) is 0 Å². The number of carboxylic acids is 1. The van der Waals surface area contributed by atoms with E-state index in [0.29, 0.717) is 5.56 Å². The second kappa shape index (κ2) is 7.07. The Labute approximate surface area is 172 Å². The van der Waals surface area contributed by atoms with E-state index in [-0.39, 0.29) is 28.1 Å². The summed E-state index contributed by atoms with van der Waals surface area (Å²) in [5, 5.41) is 27.5. The molecule has 31 heavy (non-hydrogen) atoms. The Morgan fingerprint density at radius 1 is 1.16 bits per heavy atom. The first-order valence-electron chi connectivity index (χ1n) is 8.96. The summed E-state index contributed by atoms with van der Waals surface area (Å²) in [5.74, 6) is -1.74. The summed E-state index contributed by atoms with van der Waals surface area (Å²) < 4.78 is 42.3. The van der Waals surface area contributed by atoms with Crippen LogP contribution in [0.4, 0.5) is 13.2 Å². The zero-order valence-corrected chi connectivity index (χ0v) is 16.2. The molecular formula is C19H15F3N6O3. The lowest BCUT2D eigenvalue weighted by Gasteiger charge is -2.17. The van der Waals surface area contributed by atoms with Crippen LogP contribution in [0.2, 0.25) is 0 Å². The van der Waals surface area contributed by atoms with Crippen LogP contribution in [0.1, 0.15) is 40.0 Å². The molecule has 160 valence electrons. The van der Waals surface area contributed by atoms with E-state index in [9.17, 15) is 23.1 Å². The number of rotatable bonds is 4. The van der Waals surface area contributed by atoms with Crippen LogP contribution in [-0.2, 0) is 6.18 Å². The third-order valence-corrected chi connectivity index (χ3v) is 4.87. The molecule has 0 saturated carbocycles. The number of carboxylic acid groups (broad SMARTS) is 1. The van der Waals surface area contributed by atoms with Gasteiger partial charge < -0.3 is 10.2 Å². The van der Waals surface area contributed by atoms with Crippen LogP contribution in [0.15, 0.2) is 36.8 Å². The van der Waals surface area contributed by atoms with Gasteiger partial charge in [-0.25, -0.2) is 14.5 Å². The highest BCUT2D eigenvalue weighted by Crippen LogP contribution is 2.35. The predicted molar refractivity (Wildman–Crippen MR) is 101 cm³/mol. The van der Waals surface area contributed by atoms with Gasteiger partial charge in [-0.15, -0.1) is 0 Å². The topological polar surface area (TPSA) is 119 Å². The number of carbonyl (C=O) groups is 1. The molecule has 0 radical (unpaired) electrons. The van der Waals surface area contributed by atoms with E-state index in [4.69, 9.17) is 5.11 Å². The van der Waals surface area contributed by atoms with Gasteiger partial charge in [0.25, 0.3) is 5.95 Å². The van der Waals surface area contributed by atoms with Gasteiger partial charge in [-0.05, 0) is 31.0 Å². The van der Waals surface area contributed by atoms with E-state index in [2.05, 4.69) is 20.2 Å². The molecule has 3 aromatic heterocycles. The largest absolute Gasteiger partial charge is 0.492 e. The minimum Gasteiger partial charge on any atom is -0.492 e. The van der Waals surface area contributed by atoms with Crippen LogP contribution < -0.4 is 0 Å². The number of aromatic carboxylic acids is 1. The number of alkyl halides is 3. The van der Waals surface area contributed by atoms with Crippen molar-refractivity contribution in [3.05, 3.63) is 59.0 Å². The van der Waals surface area contributed by atoms with Gasteiger partial charge in [-0.2, -0.15) is 28.4 Å². The number of hydrogen-bond donors (Lipinski definition) is 2. The highest BCUT2D eigenvalue weighted by atomic mass is 19.4. The molecule has 12 heteroatoms. The van der Waals surface area contributed by atoms with Crippen molar-refractivity contribution in [1.82, 2.24) is 29.5 Å². The zero-order chi connectivity index (χ0) is 22.5. The molecule has 0 aliphatic heterocycles. The Balaban J connectivity index is 1.76. The maximum Gasteiger partial charge on any atom is 0.416 e. The smallest absolute Gasteiger partial charge is 0.416 e. The van der Waals surface area contributed by atoms with Crippen LogP contribution in [0.5, 0.6) is 5.88 Å². The monoisotopic (exact) mass is 432 g/mol. The fourth-order valence-electron chi connectivity index (χ4n) is 3.22. The number of aromatic hydroxyl groups is 1. The van der Waals surface area contributed by atoms with Crippen LogP contribution in [0.25, 0.3) is 17.0 Å². The van der Waals surface area contributed by atoms with E-state index < -0.39 is 29.6 Å². The number of fused-ring (bicyclic) bond motifs is 1. The second-order valence-corrected chi connectivity index (χ2v) is 6.90. The third-order valence-electron chi connectivity index (χ3n) is 4.87. The maximum absolute atomic E-state index is 13.3. The Hall–Kier alpha value is -3.96. The van der Waals surface area contributed by atoms with E-state index in [0.717, 1.165) is 16.9 Å². The quantitative estimate of drug-likeness (QED) is 0.508. The lowest BCUT2D eigenvalue weighted by Crippen LogP contribution is -2.13. The lowest BCUT2D eigenvalue weighted by molar-refractivity contribution is -0.138. The number of aromatic nitrogens is 6. The first-order chi connectivity index (χ1) is 14.6. The molecular weight excluding hydrogens is 417 g/mol. The molecule has 0 unspecified atom stereocenters. The van der Waals surface area contributed by atoms with Crippen molar-refractivity contribution in [2.45, 2.75) is 26.1 Å². The molecule has 0 spiro atoms. The first-order valence-corrected chi connectivity index (χ1v) is 8.96. The van der Waals surface area contributed by atoms with Crippen LogP contribution >= 0.6 is 0 Å². The van der Waals surface area contributed by atoms with E-state index in [1.54, 1.807) is 13.0 Å². The van der Waals surface area contributed by atoms with Crippen molar-refractivity contribution in [1.29, 1.82) is 0 Å². The number of hydrogen-bond acceptors (Lipinski definition) is 6. The summed E-state index contributed by atoms with van der Waals surface area (Å²) in [6, 6.07) is 3.33. The average molecular weight is 432 g/mol. The zero-order valence-electron chi connectivity index (χ0n) is 16.2. The molecule has 2 N–H and O–H groups in total. The number of aryl methyl sites for hydroxylation is 1. The molecule has 3 heterocycles. The molecule has 4 rings (SSSR count). The number of halogens is 3. The number of nitrogens with zero attached hydrogens (tertiary/aromatic N) is 6. The predicted octanol–water partition coefficient (Wildman–Crippen LogP) is 3.35. The van der Waals surface area contributed by atoms with Gasteiger partial charge in [-0.3, -0.25) is 4.68 Å². The lowest BCUT2D eigenvalue weighted by atomic mass is 10.0. The average Bonchev–Trinajstić information content (AvgIpc) is 3.34. The normalized spacial score (nSPS) is 12.9. The highest BCUT2D eigenvalue weighted by Gasteiger charge is 2.33. The van der Waals surface area contributed by atoms with Crippen molar-refractivity contribution >= 4 is 17.0 Å². The van der Waals surface area contributed by atoms with E-state index >= 15 is 0 Å². The van der Waals surface area contributed by atoms with Crippen LogP contribution in [-0.4, -0.2) is 45.7 Å². The fraction of sp³-hybridized carbons (Fsp3) is 0.211. The van der Waals surface area contributed by atoms with Crippen molar-refractivity contribution in [3.8, 4) is 11.8 Å². The standard InChI is InChI=1S/C19H15F3N6O3/c1-9-3-4-11(5-13(9)19(20,21)22)10(2)28-15-14(7-24-28)25-18(26-16(15)29)27-8-12(6-23-27)17(30)31/h3-8,10H,1-2H3,(H,30,31)(H,25,26,29)/t10-/m1/s1. The van der Waals surface area contributed by atoms with E-state index in [1.165, 1.54) is 30.1 Å². The highest BCUT2D eigenvalue weighted by molar-refractivity contribution is 5.87. The van der Waals surface area contributed by atoms with Gasteiger partial charge in [0.1, 0.15) is 11.0 Å². The molecule has 1 atom stereocenters. The van der Waals surface area contributed by atoms with Gasteiger partial charge in [0.15, 0.2) is 0 Å². The van der Waals surface area contributed by atoms with Crippen molar-refractivity contribution in [3.63, 3.8) is 0 Å². The Kier molecular flexibility index (Phi) is 4.64. The first kappa shape index (κ1) is 20.3. The van der Waals surface area contributed by atoms with E-state index in [1.807, 2.05) is 0 Å². The summed E-state index contributed by atoms with van der Waals surface area (Å²) in [5.41, 5.74) is -0.0636. The molecule has 0 fully saturated rings. The van der Waals surface area contributed by atoms with Crippen molar-refractivity contribution < 1.29 is 28.2 Å². The minimum absolute atomic E-state index is 0.0839. The second-order valence-electron chi connectivity index (χ2n) is 6.90. The molecule has 1 aromatic carbocycles. The number of benzene rings is 1. The summed E-state index contributed by atoms with van der Waals surface area (Å²) in [6.07, 6.45) is -0.878. The minimum atomic E-state index is -4.50. The summed E-state index contributed by atoms with van der Waals surface area (Å²) in [6.45, 7) is 3.02. The molecule has 0 aliphatic carbocycles. The third kappa shape index (κ3) is 3.56. The molecule has 9 nitrogen and oxygen atoms in total. The van der Waals surface area contributed by atoms with Crippen molar-refractivity contribution in [2.75, 3.05) is 0 Å². The fourth-order valence-corrected chi connectivity index (χ4v) is 3.22. The summed E-state index contributed by atoms with van der Waals surface area (Å²) in [4.78, 5) is 19.2. The maximum atomic E-state index is 13.3. The molecule has 0 saturated heterocycles. The summed E-state index contributed by atoms with van der Waals surface area (Å²) >= 11 is 0. The Morgan fingerprint density at radius 2 is 1.90 bits per heavy atom. The molecule has 4 aromatic rings.